The lowest BCUT2D eigenvalue weighted by Gasteiger charge is -2.25. The van der Waals surface area contributed by atoms with Crippen molar-refractivity contribution < 1.29 is 23.8 Å². The number of rotatable bonds is 6. The Hall–Kier alpha value is -3.51. The number of nitrogens with one attached hydrogen (secondary N) is 1. The minimum atomic E-state index is -0.374. The van der Waals surface area contributed by atoms with Gasteiger partial charge in [0.25, 0.3) is 0 Å². The molecule has 0 atom stereocenters. The average molecular weight is 442 g/mol. The number of fused-ring (bicyclic) bond motifs is 1. The fourth-order valence-corrected chi connectivity index (χ4v) is 4.56. The van der Waals surface area contributed by atoms with E-state index < -0.39 is 0 Å². The zero-order valence-corrected chi connectivity index (χ0v) is 18.4. The van der Waals surface area contributed by atoms with Crippen molar-refractivity contribution in [3.05, 3.63) is 45.8 Å². The molecule has 0 saturated carbocycles. The van der Waals surface area contributed by atoms with Crippen LogP contribution in [0.5, 0.6) is 11.5 Å². The zero-order valence-electron chi connectivity index (χ0n) is 17.6. The Morgan fingerprint density at radius 1 is 1.32 bits per heavy atom. The van der Waals surface area contributed by atoms with Crippen molar-refractivity contribution in [2.45, 2.75) is 19.9 Å². The quantitative estimate of drug-likeness (QED) is 0.684. The normalized spacial score (nSPS) is 12.8. The summed E-state index contributed by atoms with van der Waals surface area (Å²) in [5.41, 5.74) is 2.01. The molecule has 0 fully saturated rings. The molecule has 3 rings (SSSR count). The molecule has 2 amide bonds. The summed E-state index contributed by atoms with van der Waals surface area (Å²) < 4.78 is 15.7. The van der Waals surface area contributed by atoms with Crippen LogP contribution >= 0.6 is 11.3 Å². The lowest BCUT2D eigenvalue weighted by molar-refractivity contribution is -0.111. The SMILES string of the molecule is CCOC(=O)N1CCc2c(sc(NC(=O)/C=C/c3cccc(OC)c3OC)c2C#N)C1. The summed E-state index contributed by atoms with van der Waals surface area (Å²) >= 11 is 1.31. The smallest absolute Gasteiger partial charge is 0.410 e. The molecular weight excluding hydrogens is 418 g/mol. The Bertz CT molecular complexity index is 1050. The molecule has 0 unspecified atom stereocenters. The molecule has 1 aliphatic rings. The van der Waals surface area contributed by atoms with Gasteiger partial charge in [0.05, 0.1) is 32.9 Å². The van der Waals surface area contributed by atoms with Crippen LogP contribution in [0.2, 0.25) is 0 Å². The summed E-state index contributed by atoms with van der Waals surface area (Å²) in [6.45, 7) is 2.90. The lowest BCUT2D eigenvalue weighted by atomic mass is 10.0. The molecule has 0 saturated heterocycles. The molecule has 2 heterocycles. The van der Waals surface area contributed by atoms with Crippen LogP contribution in [0.15, 0.2) is 24.3 Å². The van der Waals surface area contributed by atoms with Crippen LogP contribution in [0, 0.1) is 11.3 Å². The average Bonchev–Trinajstić information content (AvgIpc) is 3.13. The molecule has 2 aromatic rings. The Labute approximate surface area is 184 Å². The van der Waals surface area contributed by atoms with E-state index in [9.17, 15) is 14.9 Å². The van der Waals surface area contributed by atoms with Crippen LogP contribution in [0.25, 0.3) is 6.08 Å². The summed E-state index contributed by atoms with van der Waals surface area (Å²) in [5, 5.41) is 12.9. The highest BCUT2D eigenvalue weighted by molar-refractivity contribution is 7.16. The van der Waals surface area contributed by atoms with E-state index in [1.165, 1.54) is 24.5 Å². The van der Waals surface area contributed by atoms with Gasteiger partial charge in [0, 0.05) is 23.1 Å². The second kappa shape index (κ2) is 10.00. The maximum atomic E-state index is 12.5. The molecule has 1 aliphatic heterocycles. The van der Waals surface area contributed by atoms with E-state index in [1.807, 2.05) is 0 Å². The molecule has 1 aromatic carbocycles. The van der Waals surface area contributed by atoms with E-state index >= 15 is 0 Å². The molecule has 1 aromatic heterocycles. The second-order valence-corrected chi connectivity index (χ2v) is 7.70. The van der Waals surface area contributed by atoms with E-state index in [4.69, 9.17) is 14.2 Å². The largest absolute Gasteiger partial charge is 0.493 e. The number of para-hydroxylation sites is 1. The molecule has 0 aliphatic carbocycles. The standard InChI is InChI=1S/C22H23N3O5S/c1-4-30-22(27)25-11-10-15-16(12-23)21(31-18(15)13-25)24-19(26)9-8-14-6-5-7-17(28-2)20(14)29-3/h5-9H,4,10-11,13H2,1-3H3,(H,24,26)/b9-8+. The van der Waals surface area contributed by atoms with Crippen molar-refractivity contribution in [1.82, 2.24) is 4.90 Å². The van der Waals surface area contributed by atoms with Gasteiger partial charge in [-0.15, -0.1) is 11.3 Å². The zero-order chi connectivity index (χ0) is 22.4. The molecule has 0 radical (unpaired) electrons. The summed E-state index contributed by atoms with van der Waals surface area (Å²) in [5.74, 6) is 0.716. The highest BCUT2D eigenvalue weighted by atomic mass is 32.1. The monoisotopic (exact) mass is 441 g/mol. The van der Waals surface area contributed by atoms with Crippen molar-refractivity contribution in [2.24, 2.45) is 0 Å². The topological polar surface area (TPSA) is 101 Å². The molecule has 1 N–H and O–H groups in total. The molecule has 0 spiro atoms. The fourth-order valence-electron chi connectivity index (χ4n) is 3.34. The third-order valence-corrected chi connectivity index (χ3v) is 5.91. The van der Waals surface area contributed by atoms with Crippen molar-refractivity contribution in [2.75, 3.05) is 32.7 Å². The number of hydrogen-bond acceptors (Lipinski definition) is 7. The van der Waals surface area contributed by atoms with Crippen LogP contribution in [-0.2, 0) is 22.5 Å². The first kappa shape index (κ1) is 22.2. The van der Waals surface area contributed by atoms with Crippen LogP contribution < -0.4 is 14.8 Å². The van der Waals surface area contributed by atoms with Gasteiger partial charge >= 0.3 is 6.09 Å². The molecular formula is C22H23N3O5S. The number of amides is 2. The van der Waals surface area contributed by atoms with E-state index in [-0.39, 0.29) is 12.0 Å². The van der Waals surface area contributed by atoms with Gasteiger partial charge in [0.2, 0.25) is 5.91 Å². The van der Waals surface area contributed by atoms with Crippen LogP contribution in [-0.4, -0.2) is 44.3 Å². The maximum absolute atomic E-state index is 12.5. The number of nitrogens with zero attached hydrogens (tertiary/aromatic N) is 2. The first-order valence-electron chi connectivity index (χ1n) is 9.68. The number of thiophene rings is 1. The summed E-state index contributed by atoms with van der Waals surface area (Å²) in [6.07, 6.45) is 3.17. The first-order chi connectivity index (χ1) is 15.0. The number of carbonyl (C=O) groups excluding carboxylic acids is 2. The van der Waals surface area contributed by atoms with Gasteiger partial charge in [-0.1, -0.05) is 12.1 Å². The Morgan fingerprint density at radius 3 is 2.81 bits per heavy atom. The summed E-state index contributed by atoms with van der Waals surface area (Å²) in [6, 6.07) is 7.56. The van der Waals surface area contributed by atoms with Gasteiger partial charge in [0.15, 0.2) is 11.5 Å². The number of anilines is 1. The second-order valence-electron chi connectivity index (χ2n) is 6.60. The van der Waals surface area contributed by atoms with Gasteiger partial charge in [-0.05, 0) is 31.1 Å². The molecule has 162 valence electrons. The van der Waals surface area contributed by atoms with Gasteiger partial charge < -0.3 is 24.4 Å². The van der Waals surface area contributed by atoms with Gasteiger partial charge in [-0.25, -0.2) is 4.79 Å². The number of carbonyl (C=O) groups is 2. The number of ether oxygens (including phenoxy) is 3. The Morgan fingerprint density at radius 2 is 2.13 bits per heavy atom. The van der Waals surface area contributed by atoms with E-state index in [2.05, 4.69) is 11.4 Å². The van der Waals surface area contributed by atoms with Gasteiger partial charge in [0.1, 0.15) is 11.1 Å². The number of methoxy groups -OCH3 is 2. The van der Waals surface area contributed by atoms with Crippen molar-refractivity contribution in [3.63, 3.8) is 0 Å². The highest BCUT2D eigenvalue weighted by Crippen LogP contribution is 2.37. The van der Waals surface area contributed by atoms with Crippen LogP contribution in [0.4, 0.5) is 9.80 Å². The maximum Gasteiger partial charge on any atom is 0.410 e. The van der Waals surface area contributed by atoms with Crippen molar-refractivity contribution in [1.29, 1.82) is 5.26 Å². The highest BCUT2D eigenvalue weighted by Gasteiger charge is 2.28. The van der Waals surface area contributed by atoms with E-state index in [1.54, 1.807) is 43.2 Å². The van der Waals surface area contributed by atoms with E-state index in [0.717, 1.165) is 10.4 Å². The summed E-state index contributed by atoms with van der Waals surface area (Å²) in [4.78, 5) is 27.0. The Kier molecular flexibility index (Phi) is 7.15. The molecule has 0 bridgehead atoms. The predicted octanol–water partition coefficient (Wildman–Crippen LogP) is 3.80. The van der Waals surface area contributed by atoms with Crippen LogP contribution in [0.1, 0.15) is 28.5 Å². The fraction of sp³-hybridized carbons (Fsp3) is 0.318. The summed E-state index contributed by atoms with van der Waals surface area (Å²) in [7, 11) is 3.08. The van der Waals surface area contributed by atoms with Gasteiger partial charge in [-0.3, -0.25) is 4.79 Å². The molecule has 8 nitrogen and oxygen atoms in total. The lowest BCUT2D eigenvalue weighted by Crippen LogP contribution is -2.35. The number of hydrogen-bond donors (Lipinski definition) is 1. The van der Waals surface area contributed by atoms with Crippen molar-refractivity contribution >= 4 is 34.4 Å². The number of benzene rings is 1. The van der Waals surface area contributed by atoms with E-state index in [0.29, 0.717) is 53.7 Å². The minimum Gasteiger partial charge on any atom is -0.493 e. The van der Waals surface area contributed by atoms with Crippen LogP contribution in [0.3, 0.4) is 0 Å². The molecule has 31 heavy (non-hydrogen) atoms. The third kappa shape index (κ3) is 4.81. The minimum absolute atomic E-state index is 0.307. The number of nitriles is 1. The molecule has 9 heteroatoms. The predicted molar refractivity (Wildman–Crippen MR) is 117 cm³/mol. The third-order valence-electron chi connectivity index (χ3n) is 4.78. The Balaban J connectivity index is 1.77. The van der Waals surface area contributed by atoms with Gasteiger partial charge in [-0.2, -0.15) is 5.26 Å². The van der Waals surface area contributed by atoms with Crippen molar-refractivity contribution in [3.8, 4) is 17.6 Å². The first-order valence-corrected chi connectivity index (χ1v) is 10.5.